The van der Waals surface area contributed by atoms with Gasteiger partial charge in [-0.3, -0.25) is 37.8 Å². The minimum atomic E-state index is -5.69. The third-order valence-corrected chi connectivity index (χ3v) is 25.4. The summed E-state index contributed by atoms with van der Waals surface area (Å²) in [7, 11) is -11.4. The minimum absolute atomic E-state index is 0.0782. The van der Waals surface area contributed by atoms with E-state index in [-0.39, 0.29) is 38.5 Å². The molecule has 0 spiro atoms. The van der Waals surface area contributed by atoms with E-state index in [1.165, 1.54) is 83.5 Å². The quantitative estimate of drug-likeness (QED) is 0.0117. The summed E-state index contributed by atoms with van der Waals surface area (Å²) >= 11 is 0. The fraction of sp³-hybridized carbons (Fsp3) is 0.938. The van der Waals surface area contributed by atoms with Crippen LogP contribution in [0.15, 0.2) is 0 Å². The average molecular weight is 1830 g/mol. The standard InChI is InChI=1S/C96H182N2O25P2/c1-7-13-19-25-31-37-39-45-51-57-63-69-85(104)116-79(67-61-55-49-43-35-29-23-17-11-5)73-84(103)98-90-94(121-88(107)74-80(68-62-56-50-44-36-30-24-18-12-6)117-86(105)70-64-58-52-46-40-38-32-26-20-14-8-2)92(122-124(109,110)111)81(75-99)118-95(90)115-76-82-91(108)93(120-87(106)72-78(101)66-60-54-48-42-34-28-22-16-10-4)89(96(119-82)123-125(112,113)114)97-83(102)71-77(100)65-59-53-47-41-33-27-21-15-9-3/h77-82,89-96,99-101,108H,7-76H2,1-6H3,(H,97,102)(H,98,103)(H2,109,110,111)(H2,112,113,114)/t77-,78-,79-,80-,81-,82-,89-,90-,91-,92-,93-,94-,95-,96-/m1/s1. The summed E-state index contributed by atoms with van der Waals surface area (Å²) in [6.07, 6.45) is 36.6. The molecule has 10 N–H and O–H groups in total. The lowest BCUT2D eigenvalue weighted by Crippen LogP contribution is -2.68. The molecular formula is C96H182N2O25P2. The number of unbranched alkanes of at least 4 members (excludes halogenated alkanes) is 52. The molecule has 0 radical (unpaired) electrons. The monoisotopic (exact) mass is 1830 g/mol. The molecule has 2 fully saturated rings. The third kappa shape index (κ3) is 63.5. The van der Waals surface area contributed by atoms with E-state index < -0.39 is 176 Å². The number of hydrogen-bond acceptors (Lipinski definition) is 21. The summed E-state index contributed by atoms with van der Waals surface area (Å²) in [4.78, 5) is 129. The number of amides is 2. The molecule has 0 aromatic heterocycles. The number of carbonyl (C=O) groups excluding carboxylic acids is 6. The zero-order valence-electron chi connectivity index (χ0n) is 79.0. The van der Waals surface area contributed by atoms with E-state index in [0.717, 1.165) is 250 Å². The highest BCUT2D eigenvalue weighted by Crippen LogP contribution is 2.44. The van der Waals surface area contributed by atoms with Gasteiger partial charge in [0.25, 0.3) is 0 Å². The van der Waals surface area contributed by atoms with E-state index in [1.54, 1.807) is 0 Å². The Labute approximate surface area is 755 Å². The summed E-state index contributed by atoms with van der Waals surface area (Å²) in [5.41, 5.74) is 0. The zero-order valence-corrected chi connectivity index (χ0v) is 80.8. The molecule has 0 aliphatic carbocycles. The van der Waals surface area contributed by atoms with E-state index in [1.807, 2.05) is 0 Å². The van der Waals surface area contributed by atoms with E-state index in [4.69, 9.17) is 42.2 Å². The normalized spacial score (nSPS) is 20.2. The number of aliphatic hydroxyl groups excluding tert-OH is 4. The zero-order chi connectivity index (χ0) is 91.8. The third-order valence-electron chi connectivity index (χ3n) is 24.4. The van der Waals surface area contributed by atoms with Crippen LogP contribution >= 0.6 is 15.6 Å². The number of hydrogen-bond donors (Lipinski definition) is 10. The minimum Gasteiger partial charge on any atom is -0.462 e. The molecule has 2 aliphatic heterocycles. The largest absolute Gasteiger partial charge is 0.472 e. The van der Waals surface area contributed by atoms with Gasteiger partial charge in [-0.1, -0.05) is 388 Å². The fourth-order valence-corrected chi connectivity index (χ4v) is 18.0. The molecule has 0 bridgehead atoms. The van der Waals surface area contributed by atoms with Crippen LogP contribution in [0.25, 0.3) is 0 Å². The van der Waals surface area contributed by atoms with E-state index in [0.29, 0.717) is 38.5 Å². The number of esters is 4. The molecule has 2 amide bonds. The van der Waals surface area contributed by atoms with Crippen LogP contribution in [0.3, 0.4) is 0 Å². The number of nitrogens with one attached hydrogen (secondary N) is 2. The molecule has 2 rings (SSSR count). The Hall–Kier alpha value is -3.24. The Morgan fingerprint density at radius 3 is 0.968 bits per heavy atom. The van der Waals surface area contributed by atoms with Crippen molar-refractivity contribution in [3.05, 3.63) is 0 Å². The van der Waals surface area contributed by atoms with Crippen molar-refractivity contribution in [3.63, 3.8) is 0 Å². The number of phosphoric ester groups is 2. The highest BCUT2D eigenvalue weighted by molar-refractivity contribution is 7.46. The van der Waals surface area contributed by atoms with Crippen molar-refractivity contribution < 1.29 is 120 Å². The first-order valence-corrected chi connectivity index (χ1v) is 53.8. The van der Waals surface area contributed by atoms with Crippen LogP contribution in [-0.4, -0.2) is 175 Å². The van der Waals surface area contributed by atoms with Crippen molar-refractivity contribution in [3.8, 4) is 0 Å². The first-order valence-electron chi connectivity index (χ1n) is 50.7. The molecule has 29 heteroatoms. The average Bonchev–Trinajstić information content (AvgIpc) is 0.776. The van der Waals surface area contributed by atoms with Gasteiger partial charge in [0, 0.05) is 12.8 Å². The van der Waals surface area contributed by atoms with Gasteiger partial charge in [0.1, 0.15) is 48.7 Å². The Morgan fingerprint density at radius 1 is 0.328 bits per heavy atom. The highest BCUT2D eigenvalue weighted by atomic mass is 31.2. The molecule has 27 nitrogen and oxygen atoms in total. The maximum atomic E-state index is 15.2. The van der Waals surface area contributed by atoms with E-state index >= 15 is 9.59 Å². The molecule has 0 saturated carbocycles. The van der Waals surface area contributed by atoms with E-state index in [9.17, 15) is 68.3 Å². The Balaban J connectivity index is 2.84. The molecule has 0 aromatic rings. The lowest BCUT2D eigenvalue weighted by molar-refractivity contribution is -0.297. The lowest BCUT2D eigenvalue weighted by atomic mass is 9.95. The molecule has 2 heterocycles. The number of rotatable bonds is 86. The van der Waals surface area contributed by atoms with Crippen molar-refractivity contribution in [2.24, 2.45) is 0 Å². The Kier molecular flexibility index (Phi) is 72.8. The SMILES string of the molecule is CCCCCCCCCCCCCC(=O)O[C@H](CCCCCCCCCCC)CC(=O)N[C@H]1[C@H](OC[C@H]2O[C@H](OP(=O)(O)O)[C@H](NC(=O)C[C@H](O)CCCCCCCCCCC)[C@@H](OC(=O)C[C@H](O)CCCCCCCCCCC)[C@@H]2O)O[C@H](CO)[C@@H](OP(=O)(O)O)[C@@H]1OC(=O)C[C@@H](CCCCCCCCCCC)OC(=O)CCCCCCCCCCCCC. The first kappa shape index (κ1) is 118. The second kappa shape index (κ2) is 77.2. The predicted octanol–water partition coefficient (Wildman–Crippen LogP) is 21.4. The van der Waals surface area contributed by atoms with Crippen LogP contribution in [-0.2, 0) is 80.1 Å². The maximum Gasteiger partial charge on any atom is 0.472 e. The predicted molar refractivity (Wildman–Crippen MR) is 490 cm³/mol. The van der Waals surface area contributed by atoms with Gasteiger partial charge in [-0.15, -0.1) is 0 Å². The van der Waals surface area contributed by atoms with Crippen molar-refractivity contribution in [2.75, 3.05) is 13.2 Å². The summed E-state index contributed by atoms with van der Waals surface area (Å²) in [5, 5.41) is 51.6. The second-order valence-electron chi connectivity index (χ2n) is 36.2. The fourth-order valence-electron chi connectivity index (χ4n) is 16.9. The van der Waals surface area contributed by atoms with Crippen LogP contribution in [0.2, 0.25) is 0 Å². The number of ether oxygens (including phenoxy) is 7. The molecule has 736 valence electrons. The summed E-state index contributed by atoms with van der Waals surface area (Å²) < 4.78 is 80.2. The second-order valence-corrected chi connectivity index (χ2v) is 38.6. The van der Waals surface area contributed by atoms with Crippen molar-refractivity contribution in [1.29, 1.82) is 0 Å². The molecular weight excluding hydrogens is 1640 g/mol. The van der Waals surface area contributed by atoms with Crippen molar-refractivity contribution in [2.45, 2.75) is 564 Å². The van der Waals surface area contributed by atoms with Gasteiger partial charge in [-0.25, -0.2) is 9.13 Å². The summed E-state index contributed by atoms with van der Waals surface area (Å²) in [6, 6.07) is -3.86. The van der Waals surface area contributed by atoms with Gasteiger partial charge in [0.05, 0.1) is 51.1 Å². The summed E-state index contributed by atoms with van der Waals surface area (Å²) in [6.45, 7) is 10.9. The van der Waals surface area contributed by atoms with E-state index in [2.05, 4.69) is 52.2 Å². The molecule has 2 aliphatic rings. The Bertz CT molecular complexity index is 2750. The van der Waals surface area contributed by atoms with Crippen LogP contribution in [0.4, 0.5) is 0 Å². The van der Waals surface area contributed by atoms with Gasteiger partial charge in [0.15, 0.2) is 24.8 Å². The van der Waals surface area contributed by atoms with Crippen LogP contribution in [0, 0.1) is 0 Å². The topological polar surface area (TPSA) is 406 Å². The van der Waals surface area contributed by atoms with Crippen LogP contribution in [0.1, 0.15) is 478 Å². The van der Waals surface area contributed by atoms with Gasteiger partial charge in [-0.05, 0) is 51.4 Å². The van der Waals surface area contributed by atoms with Gasteiger partial charge in [-0.2, -0.15) is 0 Å². The smallest absolute Gasteiger partial charge is 0.462 e. The van der Waals surface area contributed by atoms with Crippen molar-refractivity contribution in [1.82, 2.24) is 10.6 Å². The van der Waals surface area contributed by atoms with Gasteiger partial charge in [0.2, 0.25) is 11.8 Å². The van der Waals surface area contributed by atoms with Crippen LogP contribution in [0.5, 0.6) is 0 Å². The van der Waals surface area contributed by atoms with Gasteiger partial charge >= 0.3 is 39.5 Å². The van der Waals surface area contributed by atoms with Crippen molar-refractivity contribution >= 4 is 51.3 Å². The molecule has 0 aromatic carbocycles. The molecule has 125 heavy (non-hydrogen) atoms. The number of aliphatic hydroxyl groups is 4. The molecule has 14 atom stereocenters. The maximum absolute atomic E-state index is 15.2. The number of carbonyl (C=O) groups is 6. The molecule has 2 saturated heterocycles. The number of phosphoric acid groups is 2. The first-order chi connectivity index (χ1) is 60.3. The Morgan fingerprint density at radius 2 is 0.616 bits per heavy atom. The summed E-state index contributed by atoms with van der Waals surface area (Å²) in [5.74, 6) is -5.04. The molecule has 0 unspecified atom stereocenters. The van der Waals surface area contributed by atoms with Crippen LogP contribution < -0.4 is 10.6 Å². The van der Waals surface area contributed by atoms with Gasteiger partial charge < -0.3 is 83.8 Å². The lowest BCUT2D eigenvalue weighted by Gasteiger charge is -2.47. The highest BCUT2D eigenvalue weighted by Gasteiger charge is 2.55.